The SMILES string of the molecule is CC(C)(C)OC(=O)N1CCCC1c1ncc(-c2ccc3c(c2)OC(c2ccccc2)n2c-3cc3cc(-c4cnc(C5CCCCCC5)[nH]4)ccc32)[nH]1. The molecule has 2 fully saturated rings. The molecule has 2 N–H and O–H groups in total. The van der Waals surface area contributed by atoms with Gasteiger partial charge in [-0.05, 0) is 76.8 Å². The van der Waals surface area contributed by atoms with Crippen LogP contribution >= 0.6 is 0 Å². The molecule has 2 atom stereocenters. The molecular formula is C43H46N6O3. The van der Waals surface area contributed by atoms with Crippen LogP contribution in [0.2, 0.25) is 0 Å². The number of imidazole rings is 2. The van der Waals surface area contributed by atoms with Gasteiger partial charge in [-0.2, -0.15) is 0 Å². The van der Waals surface area contributed by atoms with E-state index in [1.807, 2.05) is 39.2 Å². The van der Waals surface area contributed by atoms with Gasteiger partial charge in [0.05, 0.1) is 41.0 Å². The molecule has 0 spiro atoms. The molecule has 1 amide bonds. The lowest BCUT2D eigenvalue weighted by atomic mass is 10.00. The number of fused-ring (bicyclic) bond motifs is 5. The van der Waals surface area contributed by atoms with Crippen molar-refractivity contribution in [3.05, 3.63) is 102 Å². The van der Waals surface area contributed by atoms with E-state index in [-0.39, 0.29) is 18.4 Å². The lowest BCUT2D eigenvalue weighted by Crippen LogP contribution is -2.36. The Labute approximate surface area is 304 Å². The normalized spacial score (nSPS) is 19.2. The van der Waals surface area contributed by atoms with Crippen molar-refractivity contribution in [3.8, 4) is 39.5 Å². The van der Waals surface area contributed by atoms with E-state index in [1.165, 1.54) is 38.5 Å². The molecule has 3 aromatic heterocycles. The summed E-state index contributed by atoms with van der Waals surface area (Å²) in [7, 11) is 0. The van der Waals surface area contributed by atoms with Crippen LogP contribution in [-0.2, 0) is 4.74 Å². The fraction of sp³-hybridized carbons (Fsp3) is 0.372. The number of likely N-dealkylation sites (tertiary alicyclic amines) is 1. The lowest BCUT2D eigenvalue weighted by molar-refractivity contribution is 0.0218. The van der Waals surface area contributed by atoms with E-state index >= 15 is 0 Å². The molecule has 6 aromatic rings. The average molecular weight is 695 g/mol. The molecule has 0 radical (unpaired) electrons. The first-order valence-corrected chi connectivity index (χ1v) is 18.9. The van der Waals surface area contributed by atoms with Crippen LogP contribution in [0.25, 0.3) is 44.7 Å². The minimum atomic E-state index is -0.551. The summed E-state index contributed by atoms with van der Waals surface area (Å²) in [6.07, 6.45) is 12.6. The predicted octanol–water partition coefficient (Wildman–Crippen LogP) is 10.5. The number of amides is 1. The average Bonchev–Trinajstić information content (AvgIpc) is 3.95. The minimum Gasteiger partial charge on any atom is -0.465 e. The molecule has 5 heterocycles. The number of carbonyl (C=O) groups is 1. The first-order valence-electron chi connectivity index (χ1n) is 18.9. The summed E-state index contributed by atoms with van der Waals surface area (Å²) in [5, 5.41) is 1.16. The Morgan fingerprint density at radius 1 is 0.808 bits per heavy atom. The number of ether oxygens (including phenoxy) is 2. The number of hydrogen-bond acceptors (Lipinski definition) is 5. The standard InChI is InChI=1S/C43H46N6O3/c1-43(2,3)52-42(50)48-21-11-16-36(48)40-45-26-34(47-40)30-17-19-32-37-23-31-22-29(33-25-44-39(46-33)27-12-7-4-5-8-13-27)18-20-35(31)49(37)41(51-38(32)24-30)28-14-9-6-10-15-28/h6,9-10,14-15,17-20,22-27,36,41H,4-5,7-8,11-13,16,21H2,1-3H3,(H,44,46)(H,45,47). The molecule has 3 aliphatic rings. The van der Waals surface area contributed by atoms with Gasteiger partial charge in [-0.1, -0.05) is 68.1 Å². The van der Waals surface area contributed by atoms with Crippen molar-refractivity contribution in [1.82, 2.24) is 29.4 Å². The Bertz CT molecular complexity index is 2230. The summed E-state index contributed by atoms with van der Waals surface area (Å²) in [5.41, 5.74) is 7.86. The van der Waals surface area contributed by atoms with Gasteiger partial charge in [0.15, 0.2) is 0 Å². The molecule has 9 nitrogen and oxygen atoms in total. The Morgan fingerprint density at radius 3 is 2.29 bits per heavy atom. The third kappa shape index (κ3) is 6.06. The summed E-state index contributed by atoms with van der Waals surface area (Å²) in [6, 6.07) is 25.6. The van der Waals surface area contributed by atoms with E-state index in [9.17, 15) is 4.79 Å². The topological polar surface area (TPSA) is 101 Å². The lowest BCUT2D eigenvalue weighted by Gasteiger charge is -2.30. The highest BCUT2D eigenvalue weighted by molar-refractivity contribution is 5.92. The van der Waals surface area contributed by atoms with Gasteiger partial charge in [-0.3, -0.25) is 4.90 Å². The van der Waals surface area contributed by atoms with Gasteiger partial charge in [-0.15, -0.1) is 0 Å². The van der Waals surface area contributed by atoms with Crippen LogP contribution in [0.3, 0.4) is 0 Å². The molecule has 9 heteroatoms. The van der Waals surface area contributed by atoms with E-state index in [0.29, 0.717) is 12.5 Å². The largest absolute Gasteiger partial charge is 0.465 e. The van der Waals surface area contributed by atoms with Gasteiger partial charge in [0.25, 0.3) is 0 Å². The van der Waals surface area contributed by atoms with Crippen molar-refractivity contribution >= 4 is 17.0 Å². The van der Waals surface area contributed by atoms with Gasteiger partial charge in [0.1, 0.15) is 23.0 Å². The second-order valence-corrected chi connectivity index (χ2v) is 15.6. The predicted molar refractivity (Wildman–Crippen MR) is 203 cm³/mol. The Kier molecular flexibility index (Phi) is 8.16. The van der Waals surface area contributed by atoms with Gasteiger partial charge in [-0.25, -0.2) is 14.8 Å². The number of benzene rings is 3. The fourth-order valence-electron chi connectivity index (χ4n) is 8.36. The van der Waals surface area contributed by atoms with Crippen LogP contribution in [0.1, 0.15) is 108 Å². The molecule has 2 unspecified atom stereocenters. The summed E-state index contributed by atoms with van der Waals surface area (Å²) in [6.45, 7) is 6.34. The minimum absolute atomic E-state index is 0.148. The van der Waals surface area contributed by atoms with E-state index < -0.39 is 5.60 Å². The first kappa shape index (κ1) is 32.6. The number of nitrogens with one attached hydrogen (secondary N) is 2. The van der Waals surface area contributed by atoms with Crippen LogP contribution in [0, 0.1) is 0 Å². The number of hydrogen-bond donors (Lipinski definition) is 2. The van der Waals surface area contributed by atoms with Crippen molar-refractivity contribution < 1.29 is 14.3 Å². The summed E-state index contributed by atoms with van der Waals surface area (Å²) < 4.78 is 14.9. The van der Waals surface area contributed by atoms with Crippen LogP contribution < -0.4 is 4.74 Å². The highest BCUT2D eigenvalue weighted by Gasteiger charge is 2.35. The number of H-pyrrole nitrogens is 2. The summed E-state index contributed by atoms with van der Waals surface area (Å²) in [5.74, 6) is 3.24. The van der Waals surface area contributed by atoms with Crippen molar-refractivity contribution in [2.24, 2.45) is 0 Å². The van der Waals surface area contributed by atoms with Crippen LogP contribution in [0.15, 0.2) is 85.2 Å². The second-order valence-electron chi connectivity index (χ2n) is 15.6. The monoisotopic (exact) mass is 694 g/mol. The smallest absolute Gasteiger partial charge is 0.410 e. The van der Waals surface area contributed by atoms with Gasteiger partial charge >= 0.3 is 6.09 Å². The van der Waals surface area contributed by atoms with Crippen molar-refractivity contribution in [3.63, 3.8) is 0 Å². The van der Waals surface area contributed by atoms with Crippen LogP contribution in [0.4, 0.5) is 4.79 Å². The van der Waals surface area contributed by atoms with E-state index in [0.717, 1.165) is 80.5 Å². The highest BCUT2D eigenvalue weighted by atomic mass is 16.6. The number of rotatable bonds is 5. The third-order valence-electron chi connectivity index (χ3n) is 10.9. The number of aromatic nitrogens is 5. The molecule has 52 heavy (non-hydrogen) atoms. The maximum absolute atomic E-state index is 13.0. The Balaban J connectivity index is 1.05. The quantitative estimate of drug-likeness (QED) is 0.175. The zero-order valence-corrected chi connectivity index (χ0v) is 30.2. The van der Waals surface area contributed by atoms with E-state index in [1.54, 1.807) is 4.90 Å². The number of aromatic amines is 2. The number of nitrogens with zero attached hydrogens (tertiary/aromatic N) is 4. The van der Waals surface area contributed by atoms with Gasteiger partial charge in [0.2, 0.25) is 6.23 Å². The van der Waals surface area contributed by atoms with Gasteiger partial charge < -0.3 is 24.0 Å². The molecule has 0 bridgehead atoms. The van der Waals surface area contributed by atoms with E-state index in [4.69, 9.17) is 19.4 Å². The van der Waals surface area contributed by atoms with Gasteiger partial charge in [0, 0.05) is 40.1 Å². The molecule has 3 aromatic carbocycles. The molecule has 1 saturated heterocycles. The molecule has 1 aliphatic carbocycles. The van der Waals surface area contributed by atoms with E-state index in [2.05, 4.69) is 81.3 Å². The van der Waals surface area contributed by atoms with Crippen molar-refractivity contribution in [2.75, 3.05) is 6.54 Å². The zero-order chi connectivity index (χ0) is 35.4. The Hall–Kier alpha value is -5.31. The molecule has 266 valence electrons. The Morgan fingerprint density at radius 2 is 1.52 bits per heavy atom. The van der Waals surface area contributed by atoms with Crippen molar-refractivity contribution in [2.45, 2.75) is 95.9 Å². The zero-order valence-electron chi connectivity index (χ0n) is 30.2. The first-order chi connectivity index (χ1) is 25.3. The third-order valence-corrected chi connectivity index (χ3v) is 10.9. The molecule has 1 saturated carbocycles. The highest BCUT2D eigenvalue weighted by Crippen LogP contribution is 2.46. The fourth-order valence-corrected chi connectivity index (χ4v) is 8.36. The molecular weight excluding hydrogens is 649 g/mol. The second kappa shape index (κ2) is 13.0. The van der Waals surface area contributed by atoms with Crippen LogP contribution in [0.5, 0.6) is 5.75 Å². The summed E-state index contributed by atoms with van der Waals surface area (Å²) in [4.78, 5) is 31.6. The maximum Gasteiger partial charge on any atom is 0.410 e. The molecule has 9 rings (SSSR count). The number of carbonyl (C=O) groups excluding carboxylic acids is 1. The maximum atomic E-state index is 13.0. The van der Waals surface area contributed by atoms with Crippen LogP contribution in [-0.4, -0.2) is 47.6 Å². The van der Waals surface area contributed by atoms with Crippen molar-refractivity contribution in [1.29, 1.82) is 0 Å². The summed E-state index contributed by atoms with van der Waals surface area (Å²) >= 11 is 0. The molecule has 2 aliphatic heterocycles.